The Hall–Kier alpha value is -4.18. The maximum atomic E-state index is 12.7. The summed E-state index contributed by atoms with van der Waals surface area (Å²) >= 11 is 0. The maximum absolute atomic E-state index is 12.7. The van der Waals surface area contributed by atoms with Gasteiger partial charge in [0.2, 0.25) is 0 Å². The van der Waals surface area contributed by atoms with Gasteiger partial charge in [0, 0.05) is 58.8 Å². The van der Waals surface area contributed by atoms with Crippen molar-refractivity contribution in [2.75, 3.05) is 0 Å². The molecular weight excluding hydrogens is 1070 g/mol. The SMILES string of the molecule is FC(F)(F)c1[c-]c(-c2ccccn2)cc(C(F)(F)F)c1.FC(F)(F)c1[c-]c(-c2ccccn2)cc(C(F)(F)F)c1.O=C(O)c1ccccn1.[Ir].[Ir]. The van der Waals surface area contributed by atoms with Crippen LogP contribution in [0.2, 0.25) is 0 Å². The Morgan fingerprint density at radius 1 is 0.510 bits per heavy atom. The first kappa shape index (κ1) is 44.8. The van der Waals surface area contributed by atoms with Crippen molar-refractivity contribution in [2.24, 2.45) is 0 Å². The number of carbonyl (C=O) groups is 1. The first-order chi connectivity index (χ1) is 22.7. The average molecular weight is 1090 g/mol. The van der Waals surface area contributed by atoms with Crippen molar-refractivity contribution in [1.29, 1.82) is 0 Å². The van der Waals surface area contributed by atoms with Gasteiger partial charge in [-0.05, 0) is 57.9 Å². The van der Waals surface area contributed by atoms with Gasteiger partial charge in [0.05, 0.1) is 0 Å². The molecule has 0 unspecified atom stereocenters. The van der Waals surface area contributed by atoms with Gasteiger partial charge in [-0.2, -0.15) is 52.7 Å². The Kier molecular flexibility index (Phi) is 16.1. The summed E-state index contributed by atoms with van der Waals surface area (Å²) in [5.74, 6) is -0.990. The molecule has 3 aromatic heterocycles. The van der Waals surface area contributed by atoms with Gasteiger partial charge >= 0.3 is 30.7 Å². The number of hydrogen-bond donors (Lipinski definition) is 1. The van der Waals surface area contributed by atoms with E-state index in [2.05, 4.69) is 15.0 Å². The molecule has 3 heterocycles. The Morgan fingerprint density at radius 2 is 0.863 bits per heavy atom. The number of halogens is 12. The van der Waals surface area contributed by atoms with Crippen molar-refractivity contribution in [1.82, 2.24) is 15.0 Å². The molecule has 5 aromatic rings. The maximum Gasteiger partial charge on any atom is 0.399 e. The fourth-order valence-corrected chi connectivity index (χ4v) is 3.58. The molecule has 0 bridgehead atoms. The smallest absolute Gasteiger partial charge is 0.399 e. The van der Waals surface area contributed by atoms with Crippen LogP contribution in [0.15, 0.2) is 97.5 Å². The first-order valence-corrected chi connectivity index (χ1v) is 13.1. The van der Waals surface area contributed by atoms with Crippen LogP contribution in [-0.2, 0) is 64.9 Å². The Balaban J connectivity index is 0.000000400. The number of nitrogens with zero attached hydrogens (tertiary/aromatic N) is 3. The predicted molar refractivity (Wildman–Crippen MR) is 148 cm³/mol. The van der Waals surface area contributed by atoms with E-state index < -0.39 is 52.9 Å². The minimum atomic E-state index is -4.91. The summed E-state index contributed by atoms with van der Waals surface area (Å²) in [5, 5.41) is 8.32. The zero-order valence-electron chi connectivity index (χ0n) is 24.6. The first-order valence-electron chi connectivity index (χ1n) is 13.1. The molecule has 0 spiro atoms. The molecule has 276 valence electrons. The number of rotatable bonds is 3. The molecule has 2 aromatic carbocycles. The van der Waals surface area contributed by atoms with Crippen LogP contribution in [0.25, 0.3) is 22.5 Å². The zero-order valence-corrected chi connectivity index (χ0v) is 29.4. The van der Waals surface area contributed by atoms with Crippen molar-refractivity contribution in [2.45, 2.75) is 24.7 Å². The number of aromatic carboxylic acids is 1. The minimum absolute atomic E-state index is 0. The van der Waals surface area contributed by atoms with Gasteiger partial charge in [0.1, 0.15) is 5.69 Å². The fraction of sp³-hybridized carbons (Fsp3) is 0.125. The van der Waals surface area contributed by atoms with Gasteiger partial charge in [0.25, 0.3) is 0 Å². The van der Waals surface area contributed by atoms with Gasteiger partial charge in [-0.3, -0.25) is 0 Å². The largest absolute Gasteiger partial charge is 0.477 e. The zero-order chi connectivity index (χ0) is 36.6. The van der Waals surface area contributed by atoms with Gasteiger partial charge in [-0.15, -0.1) is 47.5 Å². The second kappa shape index (κ2) is 18.4. The van der Waals surface area contributed by atoms with E-state index >= 15 is 0 Å². The number of alkyl halides is 12. The van der Waals surface area contributed by atoms with Crippen molar-refractivity contribution >= 4 is 5.97 Å². The number of pyridine rings is 3. The third-order valence-electron chi connectivity index (χ3n) is 5.77. The van der Waals surface area contributed by atoms with Crippen LogP contribution >= 0.6 is 0 Å². The third-order valence-corrected chi connectivity index (χ3v) is 5.77. The predicted octanol–water partition coefficient (Wildman–Crippen LogP) is 9.95. The standard InChI is InChI=1S/2C13H6F6N.C6H5NO2.2Ir/c2*14-12(15,16)9-5-8(11-3-1-2-4-20-11)6-10(7-9)13(17,18)19;8-6(9)5-3-1-2-4-7-5;;/h2*1-5,7H;1-4H,(H,8,9);;/q2*-1;;;. The van der Waals surface area contributed by atoms with Crippen molar-refractivity contribution in [3.05, 3.63) is 138 Å². The second-order valence-electron chi connectivity index (χ2n) is 9.33. The number of carboxylic acid groups (broad SMARTS) is 1. The third kappa shape index (κ3) is 13.8. The summed E-state index contributed by atoms with van der Waals surface area (Å²) in [7, 11) is 0. The Labute approximate surface area is 307 Å². The average Bonchev–Trinajstić information content (AvgIpc) is 3.04. The summed E-state index contributed by atoms with van der Waals surface area (Å²) in [6.07, 6.45) is -15.6. The topological polar surface area (TPSA) is 76.0 Å². The molecule has 0 amide bonds. The van der Waals surface area contributed by atoms with Crippen molar-refractivity contribution in [3.8, 4) is 22.5 Å². The van der Waals surface area contributed by atoms with E-state index in [0.29, 0.717) is 12.1 Å². The number of hydrogen-bond acceptors (Lipinski definition) is 4. The summed E-state index contributed by atoms with van der Waals surface area (Å²) in [5.41, 5.74) is -6.37. The van der Waals surface area contributed by atoms with Crippen LogP contribution in [0, 0.1) is 12.1 Å². The molecule has 0 saturated carbocycles. The van der Waals surface area contributed by atoms with Gasteiger partial charge in [0.15, 0.2) is 0 Å². The summed E-state index contributed by atoms with van der Waals surface area (Å²) in [6, 6.07) is 18.4. The van der Waals surface area contributed by atoms with E-state index in [4.69, 9.17) is 5.11 Å². The monoisotopic (exact) mass is 1090 g/mol. The van der Waals surface area contributed by atoms with Crippen LogP contribution in [0.3, 0.4) is 0 Å². The van der Waals surface area contributed by atoms with Crippen LogP contribution in [0.1, 0.15) is 32.7 Å². The molecule has 19 heteroatoms. The van der Waals surface area contributed by atoms with Crippen LogP contribution in [0.4, 0.5) is 52.7 Å². The molecule has 1 N–H and O–H groups in total. The number of carboxylic acids is 1. The van der Waals surface area contributed by atoms with E-state index in [-0.39, 0.29) is 80.6 Å². The van der Waals surface area contributed by atoms with Crippen LogP contribution < -0.4 is 0 Å². The van der Waals surface area contributed by atoms with E-state index in [1.165, 1.54) is 61.1 Å². The summed E-state index contributed by atoms with van der Waals surface area (Å²) in [4.78, 5) is 21.2. The molecule has 5 rings (SSSR count). The molecular formula is C32H17F12Ir2N3O2-2. The van der Waals surface area contributed by atoms with E-state index in [1.54, 1.807) is 12.1 Å². The molecule has 5 nitrogen and oxygen atoms in total. The van der Waals surface area contributed by atoms with E-state index in [1.807, 2.05) is 12.1 Å². The van der Waals surface area contributed by atoms with Crippen LogP contribution in [-0.4, -0.2) is 26.0 Å². The van der Waals surface area contributed by atoms with Crippen molar-refractivity contribution < 1.29 is 103 Å². The number of aromatic nitrogens is 3. The molecule has 51 heavy (non-hydrogen) atoms. The minimum Gasteiger partial charge on any atom is -0.477 e. The molecule has 0 aliphatic carbocycles. The second-order valence-corrected chi connectivity index (χ2v) is 9.33. The van der Waals surface area contributed by atoms with E-state index in [9.17, 15) is 57.5 Å². The van der Waals surface area contributed by atoms with Gasteiger partial charge < -0.3 is 15.1 Å². The summed E-state index contributed by atoms with van der Waals surface area (Å²) in [6.45, 7) is 0. The Bertz CT molecular complexity index is 1660. The Morgan fingerprint density at radius 3 is 1.10 bits per heavy atom. The molecule has 2 radical (unpaired) electrons. The molecule has 0 saturated heterocycles. The molecule has 0 aliphatic heterocycles. The molecule has 0 aliphatic rings. The normalized spacial score (nSPS) is 11.4. The fourth-order valence-electron chi connectivity index (χ4n) is 3.58. The van der Waals surface area contributed by atoms with Crippen LogP contribution in [0.5, 0.6) is 0 Å². The number of benzene rings is 2. The molecule has 0 atom stereocenters. The van der Waals surface area contributed by atoms with Gasteiger partial charge in [-0.25, -0.2) is 9.78 Å². The quantitative estimate of drug-likeness (QED) is 0.144. The van der Waals surface area contributed by atoms with E-state index in [0.717, 1.165) is 0 Å². The summed E-state index contributed by atoms with van der Waals surface area (Å²) < 4.78 is 152. The van der Waals surface area contributed by atoms with Gasteiger partial charge in [-0.1, -0.05) is 30.3 Å². The molecule has 0 fully saturated rings. The van der Waals surface area contributed by atoms with Crippen molar-refractivity contribution in [3.63, 3.8) is 0 Å².